The third kappa shape index (κ3) is 3.62. The van der Waals surface area contributed by atoms with Gasteiger partial charge in [-0.3, -0.25) is 0 Å². The first-order valence-electron chi connectivity index (χ1n) is 8.13. The number of benzene rings is 3. The summed E-state index contributed by atoms with van der Waals surface area (Å²) < 4.78 is 0. The molecule has 0 aliphatic heterocycles. The number of halogens is 1. The molecule has 1 N–H and O–H groups in total. The summed E-state index contributed by atoms with van der Waals surface area (Å²) in [5.74, 6) is 0. The summed E-state index contributed by atoms with van der Waals surface area (Å²) in [4.78, 5) is 0. The molecule has 0 radical (unpaired) electrons. The second kappa shape index (κ2) is 9.10. The Balaban J connectivity index is 0.00000225. The summed E-state index contributed by atoms with van der Waals surface area (Å²) in [6, 6.07) is 31.7. The van der Waals surface area contributed by atoms with Crippen LogP contribution in [-0.2, 0) is 0 Å². The van der Waals surface area contributed by atoms with E-state index in [9.17, 15) is 5.11 Å². The molecule has 0 fully saturated rings. The number of aliphatic hydroxyl groups is 1. The Morgan fingerprint density at radius 1 is 0.720 bits per heavy atom. The number of hydrogen-bond acceptors (Lipinski definition) is 1. The lowest BCUT2D eigenvalue weighted by Crippen LogP contribution is -3.00. The fourth-order valence-electron chi connectivity index (χ4n) is 3.37. The summed E-state index contributed by atoms with van der Waals surface area (Å²) in [6.07, 6.45) is 1.92. The minimum atomic E-state index is -2.03. The van der Waals surface area contributed by atoms with Gasteiger partial charge in [0, 0.05) is 0 Å². The highest BCUT2D eigenvalue weighted by molar-refractivity contribution is 7.96. The van der Waals surface area contributed by atoms with Crippen LogP contribution < -0.4 is 32.9 Å². The van der Waals surface area contributed by atoms with Gasteiger partial charge >= 0.3 is 0 Å². The van der Waals surface area contributed by atoms with Crippen LogP contribution in [0.2, 0.25) is 0 Å². The fraction of sp³-hybridized carbons (Fsp3) is 0.0909. The first kappa shape index (κ1) is 19.6. The standard InChI is InChI=1S/C22H22OP.BrH/c1-2-19(18-23)24(20-12-6-3-7-13-20,21-14-8-4-9-15-21)22-16-10-5-11-17-22;/h2-17,19,23H,1,18H2;1H/q+1;/p-1. The topological polar surface area (TPSA) is 20.2 Å². The van der Waals surface area contributed by atoms with Crippen LogP contribution in [-0.4, -0.2) is 17.4 Å². The van der Waals surface area contributed by atoms with Crippen molar-refractivity contribution in [1.29, 1.82) is 0 Å². The third-order valence-electron chi connectivity index (χ3n) is 4.45. The Kier molecular flexibility index (Phi) is 7.13. The van der Waals surface area contributed by atoms with Gasteiger partial charge < -0.3 is 22.1 Å². The first-order valence-corrected chi connectivity index (χ1v) is 9.99. The Labute approximate surface area is 161 Å². The monoisotopic (exact) mass is 412 g/mol. The van der Waals surface area contributed by atoms with Crippen LogP contribution in [0.25, 0.3) is 0 Å². The summed E-state index contributed by atoms with van der Waals surface area (Å²) in [5.41, 5.74) is -0.0234. The Bertz CT molecular complexity index is 678. The van der Waals surface area contributed by atoms with Crippen LogP contribution in [0.3, 0.4) is 0 Å². The quantitative estimate of drug-likeness (QED) is 0.462. The van der Waals surface area contributed by atoms with Crippen LogP contribution in [0, 0.1) is 0 Å². The Hall–Kier alpha value is -1.73. The van der Waals surface area contributed by atoms with Crippen molar-refractivity contribution in [3.05, 3.63) is 104 Å². The highest BCUT2D eigenvalue weighted by atomic mass is 79.9. The maximum Gasteiger partial charge on any atom is 0.124 e. The molecule has 0 aliphatic rings. The van der Waals surface area contributed by atoms with Crippen LogP contribution in [0.5, 0.6) is 0 Å². The van der Waals surface area contributed by atoms with Crippen molar-refractivity contribution >= 4 is 23.2 Å². The zero-order valence-corrected chi connectivity index (χ0v) is 16.5. The van der Waals surface area contributed by atoms with Crippen molar-refractivity contribution in [3.8, 4) is 0 Å². The molecule has 3 aromatic rings. The van der Waals surface area contributed by atoms with Gasteiger partial charge in [0.15, 0.2) is 0 Å². The van der Waals surface area contributed by atoms with Gasteiger partial charge in [-0.2, -0.15) is 0 Å². The molecular formula is C22H22BrOP. The Morgan fingerprint density at radius 3 is 1.28 bits per heavy atom. The minimum absolute atomic E-state index is 0. The zero-order valence-electron chi connectivity index (χ0n) is 14.0. The normalized spacial score (nSPS) is 12.0. The summed E-state index contributed by atoms with van der Waals surface area (Å²) in [5, 5.41) is 14.0. The number of aliphatic hydroxyl groups excluding tert-OH is 1. The van der Waals surface area contributed by atoms with E-state index in [0.717, 1.165) is 0 Å². The van der Waals surface area contributed by atoms with Crippen molar-refractivity contribution in [1.82, 2.24) is 0 Å². The average molecular weight is 413 g/mol. The lowest BCUT2D eigenvalue weighted by atomic mass is 10.3. The molecule has 0 saturated heterocycles. The van der Waals surface area contributed by atoms with Gasteiger partial charge in [-0.1, -0.05) is 61.2 Å². The number of rotatable bonds is 6. The molecule has 128 valence electrons. The maximum atomic E-state index is 10.2. The molecule has 1 unspecified atom stereocenters. The molecule has 0 saturated carbocycles. The second-order valence-electron chi connectivity index (χ2n) is 5.71. The predicted octanol–water partition coefficient (Wildman–Crippen LogP) is 0.531. The fourth-order valence-corrected chi connectivity index (χ4v) is 7.90. The van der Waals surface area contributed by atoms with Gasteiger partial charge in [0.05, 0.1) is 6.61 Å². The maximum absolute atomic E-state index is 10.2. The molecule has 25 heavy (non-hydrogen) atoms. The first-order chi connectivity index (χ1) is 11.8. The molecule has 0 aromatic heterocycles. The highest BCUT2D eigenvalue weighted by Gasteiger charge is 2.50. The molecular weight excluding hydrogens is 391 g/mol. The summed E-state index contributed by atoms with van der Waals surface area (Å²) >= 11 is 0. The van der Waals surface area contributed by atoms with Crippen LogP contribution in [0.4, 0.5) is 0 Å². The molecule has 1 atom stereocenters. The average Bonchev–Trinajstić information content (AvgIpc) is 2.68. The van der Waals surface area contributed by atoms with E-state index in [2.05, 4.69) is 79.4 Å². The molecule has 3 heteroatoms. The lowest BCUT2D eigenvalue weighted by molar-refractivity contribution is -0.00000569. The van der Waals surface area contributed by atoms with Crippen LogP contribution in [0.1, 0.15) is 0 Å². The third-order valence-corrected chi connectivity index (χ3v) is 9.15. The molecule has 0 spiro atoms. The molecule has 3 aromatic carbocycles. The van der Waals surface area contributed by atoms with Crippen molar-refractivity contribution in [2.75, 3.05) is 6.61 Å². The van der Waals surface area contributed by atoms with Crippen LogP contribution >= 0.6 is 7.26 Å². The molecule has 0 aliphatic carbocycles. The number of hydrogen-bond donors (Lipinski definition) is 1. The molecule has 0 amide bonds. The van der Waals surface area contributed by atoms with Crippen molar-refractivity contribution in [2.24, 2.45) is 0 Å². The predicted molar refractivity (Wildman–Crippen MR) is 106 cm³/mol. The highest BCUT2D eigenvalue weighted by Crippen LogP contribution is 2.59. The van der Waals surface area contributed by atoms with Crippen LogP contribution in [0.15, 0.2) is 104 Å². The van der Waals surface area contributed by atoms with Gasteiger partial charge in [-0.25, -0.2) is 0 Å². The summed E-state index contributed by atoms with van der Waals surface area (Å²) in [7, 11) is -2.03. The largest absolute Gasteiger partial charge is 1.00 e. The second-order valence-corrected chi connectivity index (χ2v) is 9.37. The molecule has 3 rings (SSSR count). The lowest BCUT2D eigenvalue weighted by Gasteiger charge is -2.32. The van der Waals surface area contributed by atoms with E-state index in [-0.39, 0.29) is 29.2 Å². The van der Waals surface area contributed by atoms with Gasteiger partial charge in [0.2, 0.25) is 0 Å². The van der Waals surface area contributed by atoms with E-state index in [1.807, 2.05) is 24.3 Å². The van der Waals surface area contributed by atoms with Crippen molar-refractivity contribution in [2.45, 2.75) is 5.66 Å². The van der Waals surface area contributed by atoms with Crippen molar-refractivity contribution < 1.29 is 22.1 Å². The molecule has 0 heterocycles. The zero-order chi connectivity index (χ0) is 16.8. The van der Waals surface area contributed by atoms with E-state index in [1.165, 1.54) is 15.9 Å². The SMILES string of the molecule is C=CC(CO)[P+](c1ccccc1)(c1ccccc1)c1ccccc1.[Br-]. The Morgan fingerprint density at radius 2 is 1.04 bits per heavy atom. The minimum Gasteiger partial charge on any atom is -1.00 e. The van der Waals surface area contributed by atoms with Gasteiger partial charge in [-0.15, -0.1) is 0 Å². The van der Waals surface area contributed by atoms with E-state index in [0.29, 0.717) is 0 Å². The van der Waals surface area contributed by atoms with E-state index in [4.69, 9.17) is 0 Å². The van der Waals surface area contributed by atoms with Gasteiger partial charge in [0.25, 0.3) is 0 Å². The van der Waals surface area contributed by atoms with E-state index in [1.54, 1.807) is 0 Å². The van der Waals surface area contributed by atoms with E-state index >= 15 is 0 Å². The van der Waals surface area contributed by atoms with E-state index < -0.39 is 7.26 Å². The van der Waals surface area contributed by atoms with Gasteiger partial charge in [0.1, 0.15) is 28.8 Å². The molecule has 0 bridgehead atoms. The molecule has 1 nitrogen and oxygen atoms in total. The smallest absolute Gasteiger partial charge is 0.124 e. The summed E-state index contributed by atoms with van der Waals surface area (Å²) in [6.45, 7) is 4.12. The van der Waals surface area contributed by atoms with Crippen molar-refractivity contribution in [3.63, 3.8) is 0 Å². The van der Waals surface area contributed by atoms with Gasteiger partial charge in [-0.05, 0) is 42.5 Å².